The average molecular weight is 298 g/mol. The molecule has 0 unspecified atom stereocenters. The molecule has 0 atom stereocenters. The highest BCUT2D eigenvalue weighted by molar-refractivity contribution is 9.10. The summed E-state index contributed by atoms with van der Waals surface area (Å²) in [5.41, 5.74) is 1.93. The molecule has 1 rings (SSSR count). The van der Waals surface area contributed by atoms with Crippen LogP contribution in [0.5, 0.6) is 0 Å². The van der Waals surface area contributed by atoms with Crippen molar-refractivity contribution in [3.63, 3.8) is 0 Å². The molecule has 1 aromatic carbocycles. The van der Waals surface area contributed by atoms with Crippen molar-refractivity contribution in [2.24, 2.45) is 5.41 Å². The molecular formula is C14H20BrNO. The van der Waals surface area contributed by atoms with E-state index in [-0.39, 0.29) is 11.3 Å². The molecule has 1 aromatic rings. The molecule has 0 bridgehead atoms. The highest BCUT2D eigenvalue weighted by atomic mass is 79.9. The van der Waals surface area contributed by atoms with E-state index in [1.807, 2.05) is 32.2 Å². The molecule has 94 valence electrons. The lowest BCUT2D eigenvalue weighted by atomic mass is 9.96. The van der Waals surface area contributed by atoms with E-state index in [4.69, 9.17) is 0 Å². The third kappa shape index (κ3) is 3.84. The van der Waals surface area contributed by atoms with Crippen LogP contribution in [0.3, 0.4) is 0 Å². The van der Waals surface area contributed by atoms with Crippen molar-refractivity contribution in [2.45, 2.75) is 27.7 Å². The lowest BCUT2D eigenvalue weighted by Gasteiger charge is -2.27. The lowest BCUT2D eigenvalue weighted by Crippen LogP contribution is -2.34. The van der Waals surface area contributed by atoms with Gasteiger partial charge in [-0.25, -0.2) is 0 Å². The van der Waals surface area contributed by atoms with Crippen LogP contribution in [0.2, 0.25) is 0 Å². The van der Waals surface area contributed by atoms with Crippen LogP contribution in [-0.4, -0.2) is 24.4 Å². The molecule has 0 spiro atoms. The smallest absolute Gasteiger partial charge is 0.254 e. The third-order valence-electron chi connectivity index (χ3n) is 2.48. The van der Waals surface area contributed by atoms with E-state index in [1.165, 1.54) is 0 Å². The van der Waals surface area contributed by atoms with Gasteiger partial charge in [-0.05, 0) is 39.9 Å². The first-order valence-corrected chi connectivity index (χ1v) is 6.52. The van der Waals surface area contributed by atoms with E-state index < -0.39 is 0 Å². The first-order chi connectivity index (χ1) is 7.72. The fourth-order valence-electron chi connectivity index (χ4n) is 1.80. The van der Waals surface area contributed by atoms with Crippen LogP contribution in [0.25, 0.3) is 0 Å². The average Bonchev–Trinajstić information content (AvgIpc) is 2.18. The Morgan fingerprint density at radius 1 is 1.35 bits per heavy atom. The van der Waals surface area contributed by atoms with Crippen molar-refractivity contribution in [3.05, 3.63) is 33.8 Å². The molecule has 0 saturated heterocycles. The first kappa shape index (κ1) is 14.2. The zero-order valence-electron chi connectivity index (χ0n) is 11.2. The topological polar surface area (TPSA) is 20.3 Å². The molecule has 0 aromatic heterocycles. The second-order valence-corrected chi connectivity index (χ2v) is 6.45. The number of aryl methyl sites for hydroxylation is 1. The number of amides is 1. The van der Waals surface area contributed by atoms with Crippen LogP contribution in [0.1, 0.15) is 36.7 Å². The third-order valence-corrected chi connectivity index (χ3v) is 3.53. The summed E-state index contributed by atoms with van der Waals surface area (Å²) in [7, 11) is 1.85. The molecule has 0 aliphatic carbocycles. The lowest BCUT2D eigenvalue weighted by molar-refractivity contribution is 0.0744. The van der Waals surface area contributed by atoms with Gasteiger partial charge >= 0.3 is 0 Å². The van der Waals surface area contributed by atoms with Gasteiger partial charge in [-0.3, -0.25) is 4.79 Å². The van der Waals surface area contributed by atoms with Crippen LogP contribution < -0.4 is 0 Å². The Morgan fingerprint density at radius 2 is 1.94 bits per heavy atom. The van der Waals surface area contributed by atoms with Crippen molar-refractivity contribution < 1.29 is 4.79 Å². The van der Waals surface area contributed by atoms with Crippen molar-refractivity contribution >= 4 is 21.8 Å². The number of carbonyl (C=O) groups is 1. The molecule has 1 amide bonds. The monoisotopic (exact) mass is 297 g/mol. The van der Waals surface area contributed by atoms with E-state index in [1.54, 1.807) is 4.90 Å². The van der Waals surface area contributed by atoms with Crippen molar-refractivity contribution in [1.82, 2.24) is 4.90 Å². The summed E-state index contributed by atoms with van der Waals surface area (Å²) in [4.78, 5) is 14.1. The van der Waals surface area contributed by atoms with E-state index in [9.17, 15) is 4.79 Å². The van der Waals surface area contributed by atoms with Gasteiger partial charge in [0.25, 0.3) is 5.91 Å². The van der Waals surface area contributed by atoms with Crippen molar-refractivity contribution in [1.29, 1.82) is 0 Å². The normalized spacial score (nSPS) is 11.4. The van der Waals surface area contributed by atoms with E-state index in [2.05, 4.69) is 36.7 Å². The standard InChI is InChI=1S/C14H20BrNO/c1-10-7-6-8-11(12(10)15)13(17)16(5)9-14(2,3)4/h6-8H,9H2,1-5H3. The molecule has 0 radical (unpaired) electrons. The summed E-state index contributed by atoms with van der Waals surface area (Å²) in [5, 5.41) is 0. The molecule has 17 heavy (non-hydrogen) atoms. The van der Waals surface area contributed by atoms with Crippen LogP contribution in [-0.2, 0) is 0 Å². The van der Waals surface area contributed by atoms with Crippen molar-refractivity contribution in [2.75, 3.05) is 13.6 Å². The molecule has 0 saturated carbocycles. The van der Waals surface area contributed by atoms with Gasteiger partial charge in [-0.1, -0.05) is 32.9 Å². The van der Waals surface area contributed by atoms with Crippen LogP contribution in [0.15, 0.2) is 22.7 Å². The highest BCUT2D eigenvalue weighted by Gasteiger charge is 2.20. The first-order valence-electron chi connectivity index (χ1n) is 5.73. The van der Waals surface area contributed by atoms with Gasteiger partial charge in [0.2, 0.25) is 0 Å². The summed E-state index contributed by atoms with van der Waals surface area (Å²) < 4.78 is 0.894. The molecule has 3 heteroatoms. The van der Waals surface area contributed by atoms with Gasteiger partial charge in [-0.15, -0.1) is 0 Å². The number of hydrogen-bond donors (Lipinski definition) is 0. The fourth-order valence-corrected chi connectivity index (χ4v) is 2.24. The largest absolute Gasteiger partial charge is 0.341 e. The van der Waals surface area contributed by atoms with Gasteiger partial charge in [-0.2, -0.15) is 0 Å². The van der Waals surface area contributed by atoms with Crippen LogP contribution in [0.4, 0.5) is 0 Å². The van der Waals surface area contributed by atoms with Crippen molar-refractivity contribution in [3.8, 4) is 0 Å². The molecular weight excluding hydrogens is 278 g/mol. The number of nitrogens with zero attached hydrogens (tertiary/aromatic N) is 1. The Bertz CT molecular complexity index is 421. The SMILES string of the molecule is Cc1cccc(C(=O)N(C)CC(C)(C)C)c1Br. The van der Waals surface area contributed by atoms with Gasteiger partial charge in [0.05, 0.1) is 5.56 Å². The minimum atomic E-state index is 0.0653. The number of rotatable bonds is 2. The molecule has 0 fully saturated rings. The predicted molar refractivity (Wildman–Crippen MR) is 75.3 cm³/mol. The Hall–Kier alpha value is -0.830. The van der Waals surface area contributed by atoms with Crippen LogP contribution in [0, 0.1) is 12.3 Å². The summed E-state index contributed by atoms with van der Waals surface area (Å²) in [6.07, 6.45) is 0. The van der Waals surface area contributed by atoms with Gasteiger partial charge in [0.15, 0.2) is 0 Å². The van der Waals surface area contributed by atoms with E-state index in [0.29, 0.717) is 0 Å². The molecule has 0 N–H and O–H groups in total. The quantitative estimate of drug-likeness (QED) is 0.811. The van der Waals surface area contributed by atoms with E-state index >= 15 is 0 Å². The van der Waals surface area contributed by atoms with Crippen LogP contribution >= 0.6 is 15.9 Å². The number of carbonyl (C=O) groups excluding carboxylic acids is 1. The predicted octanol–water partition coefficient (Wildman–Crippen LogP) is 3.88. The highest BCUT2D eigenvalue weighted by Crippen LogP contribution is 2.23. The number of hydrogen-bond acceptors (Lipinski definition) is 1. The maximum absolute atomic E-state index is 12.3. The second kappa shape index (κ2) is 5.21. The maximum atomic E-state index is 12.3. The molecule has 0 aliphatic heterocycles. The number of benzene rings is 1. The van der Waals surface area contributed by atoms with Gasteiger partial charge in [0, 0.05) is 18.1 Å². The summed E-state index contributed by atoms with van der Waals surface area (Å²) in [5.74, 6) is 0.0653. The van der Waals surface area contributed by atoms with Gasteiger partial charge < -0.3 is 4.90 Å². The zero-order chi connectivity index (χ0) is 13.2. The zero-order valence-corrected chi connectivity index (χ0v) is 12.8. The Labute approximate surface area is 112 Å². The summed E-state index contributed by atoms with van der Waals surface area (Å²) in [6.45, 7) is 9.11. The Kier molecular flexibility index (Phi) is 4.36. The summed E-state index contributed by atoms with van der Waals surface area (Å²) in [6, 6.07) is 5.77. The summed E-state index contributed by atoms with van der Waals surface area (Å²) >= 11 is 3.48. The number of halogens is 1. The van der Waals surface area contributed by atoms with E-state index in [0.717, 1.165) is 22.1 Å². The fraction of sp³-hybridized carbons (Fsp3) is 0.500. The minimum absolute atomic E-state index is 0.0653. The maximum Gasteiger partial charge on any atom is 0.254 e. The Balaban J connectivity index is 2.93. The second-order valence-electron chi connectivity index (χ2n) is 5.66. The molecule has 2 nitrogen and oxygen atoms in total. The van der Waals surface area contributed by atoms with Gasteiger partial charge in [0.1, 0.15) is 0 Å². The molecule has 0 heterocycles. The minimum Gasteiger partial charge on any atom is -0.341 e. The Morgan fingerprint density at radius 3 is 2.47 bits per heavy atom. The molecule has 0 aliphatic rings.